The molecule has 2 atom stereocenters. The average molecular weight is 533 g/mol. The molecule has 0 saturated carbocycles. The predicted molar refractivity (Wildman–Crippen MR) is 141 cm³/mol. The average Bonchev–Trinajstić information content (AvgIpc) is 3.02. The summed E-state index contributed by atoms with van der Waals surface area (Å²) >= 11 is 0. The van der Waals surface area contributed by atoms with Gasteiger partial charge < -0.3 is 34.3 Å². The second-order valence-electron chi connectivity index (χ2n) is 12.1. The van der Waals surface area contributed by atoms with Gasteiger partial charge in [0.1, 0.15) is 17.7 Å². The van der Waals surface area contributed by atoms with Gasteiger partial charge in [-0.15, -0.1) is 0 Å². The maximum Gasteiger partial charge on any atom is 0.498 e. The Morgan fingerprint density at radius 2 is 1.66 bits per heavy atom. The Kier molecular flexibility index (Phi) is 8.33. The zero-order chi connectivity index (χ0) is 28.6. The summed E-state index contributed by atoms with van der Waals surface area (Å²) in [6.45, 7) is 17.0. The van der Waals surface area contributed by atoms with E-state index in [1.165, 1.54) is 4.90 Å². The highest BCUT2D eigenvalue weighted by molar-refractivity contribution is 6.61. The summed E-state index contributed by atoms with van der Waals surface area (Å²) in [6, 6.07) is -2.09. The van der Waals surface area contributed by atoms with Crippen molar-refractivity contribution in [2.75, 3.05) is 24.5 Å². The molecule has 2 N–H and O–H groups in total. The van der Waals surface area contributed by atoms with Crippen LogP contribution in [0.25, 0.3) is 0 Å². The van der Waals surface area contributed by atoms with Crippen molar-refractivity contribution in [3.63, 3.8) is 0 Å². The number of anilines is 1. The van der Waals surface area contributed by atoms with E-state index in [2.05, 4.69) is 15.3 Å². The monoisotopic (exact) mass is 533 g/mol. The molecular weight excluding hydrogens is 493 g/mol. The summed E-state index contributed by atoms with van der Waals surface area (Å²) in [5.74, 6) is -1.57. The summed E-state index contributed by atoms with van der Waals surface area (Å²) in [7, 11) is -0.610. The zero-order valence-corrected chi connectivity index (χ0v) is 23.8. The van der Waals surface area contributed by atoms with Gasteiger partial charge in [0.15, 0.2) is 0 Å². The van der Waals surface area contributed by atoms with Gasteiger partial charge in [-0.1, -0.05) is 13.8 Å². The first-order valence-corrected chi connectivity index (χ1v) is 12.9. The van der Waals surface area contributed by atoms with Crippen molar-refractivity contribution in [1.82, 2.24) is 20.2 Å². The van der Waals surface area contributed by atoms with E-state index >= 15 is 0 Å². The van der Waals surface area contributed by atoms with Gasteiger partial charge in [-0.3, -0.25) is 4.79 Å². The minimum Gasteiger partial charge on any atom is -0.480 e. The molecule has 0 aliphatic carbocycles. The fourth-order valence-electron chi connectivity index (χ4n) is 4.16. The molecule has 210 valence electrons. The number of nitrogens with zero attached hydrogens (tertiary/aromatic N) is 4. The van der Waals surface area contributed by atoms with Crippen LogP contribution in [0.2, 0.25) is 0 Å². The number of nitrogens with one attached hydrogen (secondary N) is 1. The molecule has 0 aromatic carbocycles. The lowest BCUT2D eigenvalue weighted by molar-refractivity contribution is -0.152. The highest BCUT2D eigenvalue weighted by Crippen LogP contribution is 2.36. The highest BCUT2D eigenvalue weighted by atomic mass is 16.7. The van der Waals surface area contributed by atoms with Crippen LogP contribution in [-0.2, 0) is 23.6 Å². The summed E-state index contributed by atoms with van der Waals surface area (Å²) in [5.41, 5.74) is -1.08. The van der Waals surface area contributed by atoms with Crippen LogP contribution >= 0.6 is 0 Å². The van der Waals surface area contributed by atoms with Gasteiger partial charge in [0.2, 0.25) is 11.9 Å². The summed E-state index contributed by atoms with van der Waals surface area (Å²) < 4.78 is 17.4. The number of carboxylic acid groups (broad SMARTS) is 1. The molecule has 2 fully saturated rings. The number of carboxylic acids is 1. The van der Waals surface area contributed by atoms with Gasteiger partial charge in [-0.05, 0) is 54.4 Å². The Labute approximate surface area is 224 Å². The molecule has 38 heavy (non-hydrogen) atoms. The molecule has 2 aliphatic heterocycles. The molecule has 1 aromatic rings. The van der Waals surface area contributed by atoms with Crippen molar-refractivity contribution in [2.24, 2.45) is 5.92 Å². The van der Waals surface area contributed by atoms with Crippen LogP contribution in [0.3, 0.4) is 0 Å². The first-order chi connectivity index (χ1) is 17.4. The third-order valence-electron chi connectivity index (χ3n) is 7.02. The number of ether oxygens (including phenoxy) is 1. The van der Waals surface area contributed by atoms with Crippen molar-refractivity contribution in [2.45, 2.75) is 91.2 Å². The normalized spacial score (nSPS) is 21.8. The van der Waals surface area contributed by atoms with Gasteiger partial charge in [0.25, 0.3) is 0 Å². The summed E-state index contributed by atoms with van der Waals surface area (Å²) in [4.78, 5) is 49.8. The molecule has 2 aliphatic rings. The lowest BCUT2D eigenvalue weighted by Crippen LogP contribution is -2.63. The first-order valence-electron chi connectivity index (χ1n) is 12.9. The van der Waals surface area contributed by atoms with Crippen molar-refractivity contribution in [3.05, 3.63) is 12.4 Å². The van der Waals surface area contributed by atoms with Gasteiger partial charge >= 0.3 is 19.2 Å². The summed E-state index contributed by atoms with van der Waals surface area (Å²) in [6.07, 6.45) is 2.49. The van der Waals surface area contributed by atoms with E-state index in [9.17, 15) is 19.5 Å². The Balaban J connectivity index is 1.71. The number of aliphatic carboxylic acids is 1. The largest absolute Gasteiger partial charge is 0.498 e. The lowest BCUT2D eigenvalue weighted by atomic mass is 9.81. The molecule has 3 rings (SSSR count). The molecule has 3 heterocycles. The molecule has 13 heteroatoms. The quantitative estimate of drug-likeness (QED) is 0.516. The van der Waals surface area contributed by atoms with Gasteiger partial charge in [0.05, 0.1) is 17.7 Å². The van der Waals surface area contributed by atoms with E-state index in [4.69, 9.17) is 14.0 Å². The van der Waals surface area contributed by atoms with Gasteiger partial charge in [0, 0.05) is 30.9 Å². The molecule has 1 aromatic heterocycles. The molecule has 0 radical (unpaired) electrons. The van der Waals surface area contributed by atoms with Crippen LogP contribution in [0.4, 0.5) is 10.7 Å². The number of hydrogen-bond acceptors (Lipinski definition) is 9. The second-order valence-corrected chi connectivity index (χ2v) is 12.1. The second kappa shape index (κ2) is 10.7. The minimum absolute atomic E-state index is 0.00579. The maximum absolute atomic E-state index is 13.4. The number of carbonyl (C=O) groups is 3. The molecule has 0 unspecified atom stereocenters. The topological polar surface area (TPSA) is 143 Å². The van der Waals surface area contributed by atoms with E-state index < -0.39 is 54.0 Å². The Morgan fingerprint density at radius 3 is 2.13 bits per heavy atom. The highest BCUT2D eigenvalue weighted by Gasteiger charge is 2.52. The number of rotatable bonds is 6. The molecule has 2 saturated heterocycles. The molecular formula is C25H40BN5O7. The van der Waals surface area contributed by atoms with E-state index in [1.54, 1.807) is 51.9 Å². The van der Waals surface area contributed by atoms with Gasteiger partial charge in [-0.2, -0.15) is 0 Å². The number of amides is 2. The fraction of sp³-hybridized carbons (Fsp3) is 0.720. The van der Waals surface area contributed by atoms with Crippen LogP contribution in [-0.4, -0.2) is 93.6 Å². The number of carbonyl (C=O) groups excluding carboxylic acids is 2. The van der Waals surface area contributed by atoms with Gasteiger partial charge in [-0.25, -0.2) is 19.6 Å². The minimum atomic E-state index is -1.16. The number of aromatic nitrogens is 2. The van der Waals surface area contributed by atoms with Crippen molar-refractivity contribution < 1.29 is 33.5 Å². The molecule has 2 amide bonds. The fourth-order valence-corrected chi connectivity index (χ4v) is 4.16. The molecule has 0 spiro atoms. The Bertz CT molecular complexity index is 1030. The third-order valence-corrected chi connectivity index (χ3v) is 7.02. The van der Waals surface area contributed by atoms with Crippen LogP contribution < -0.4 is 15.7 Å². The maximum atomic E-state index is 13.4. The predicted octanol–water partition coefficient (Wildman–Crippen LogP) is 1.43. The lowest BCUT2D eigenvalue weighted by Gasteiger charge is -2.41. The SMILES string of the molecule is CC(C)[C@@H](NC(=O)OC(C)(C)C)C(=O)N1CCN(c2ncc(B3OC(C)(C)C(C)(C)O3)cn2)C[C@H]1C(=O)O. The smallest absolute Gasteiger partial charge is 0.480 e. The number of piperazine rings is 1. The third kappa shape index (κ3) is 6.55. The van der Waals surface area contributed by atoms with E-state index in [0.29, 0.717) is 18.0 Å². The van der Waals surface area contributed by atoms with Crippen LogP contribution in [0, 0.1) is 5.92 Å². The number of hydrogen-bond donors (Lipinski definition) is 2. The van der Waals surface area contributed by atoms with Crippen molar-refractivity contribution in [3.8, 4) is 0 Å². The van der Waals surface area contributed by atoms with Crippen LogP contribution in [0.15, 0.2) is 12.4 Å². The Morgan fingerprint density at radius 1 is 1.11 bits per heavy atom. The summed E-state index contributed by atoms with van der Waals surface area (Å²) in [5, 5.41) is 12.6. The zero-order valence-electron chi connectivity index (χ0n) is 23.8. The standard InChI is InChI=1S/C25H40BN5O7/c1-15(2)18(29-22(35)36-23(3,4)5)19(32)31-11-10-30(14-17(31)20(33)34)21-27-12-16(13-28-21)26-37-24(6,7)25(8,9)38-26/h12-13,15,17-18H,10-11,14H2,1-9H3,(H,29,35)(H,33,34)/t17-,18+/m0/s1. The first kappa shape index (κ1) is 29.6. The van der Waals surface area contributed by atoms with Crippen molar-refractivity contribution >= 4 is 36.5 Å². The van der Waals surface area contributed by atoms with Crippen LogP contribution in [0.5, 0.6) is 0 Å². The van der Waals surface area contributed by atoms with E-state index in [-0.39, 0.29) is 19.0 Å². The molecule has 12 nitrogen and oxygen atoms in total. The van der Waals surface area contributed by atoms with Crippen LogP contribution in [0.1, 0.15) is 62.3 Å². The Hall–Kier alpha value is -2.93. The van der Waals surface area contributed by atoms with E-state index in [0.717, 1.165) is 0 Å². The molecule has 0 bridgehead atoms. The van der Waals surface area contributed by atoms with E-state index in [1.807, 2.05) is 27.7 Å². The number of alkyl carbamates (subject to hydrolysis) is 1. The van der Waals surface area contributed by atoms with Crippen molar-refractivity contribution in [1.29, 1.82) is 0 Å².